The minimum atomic E-state index is -0.341. The number of amides is 1. The molecule has 0 aromatic carbocycles. The third-order valence-electron chi connectivity index (χ3n) is 2.24. The average Bonchev–Trinajstić information content (AvgIpc) is 2.32. The molecule has 6 heteroatoms. The number of rotatable bonds is 1. The van der Waals surface area contributed by atoms with Crippen LogP contribution in [0.5, 0.6) is 0 Å². The first-order valence-corrected chi connectivity index (χ1v) is 5.71. The first-order valence-electron chi connectivity index (χ1n) is 4.95. The van der Waals surface area contributed by atoms with Gasteiger partial charge in [-0.05, 0) is 25.0 Å². The summed E-state index contributed by atoms with van der Waals surface area (Å²) in [7, 11) is 0. The Morgan fingerprint density at radius 2 is 2.19 bits per heavy atom. The lowest BCUT2D eigenvalue weighted by atomic mass is 10.2. The van der Waals surface area contributed by atoms with Crippen LogP contribution < -0.4 is 0 Å². The van der Waals surface area contributed by atoms with Crippen molar-refractivity contribution < 1.29 is 9.63 Å². The lowest BCUT2D eigenvalue weighted by molar-refractivity contribution is -0.144. The Kier molecular flexibility index (Phi) is 3.63. The smallest absolute Gasteiger partial charge is 0.271 e. The molecular formula is C10H10Cl2N2O2. The van der Waals surface area contributed by atoms with Crippen LogP contribution in [0.4, 0.5) is 0 Å². The Bertz CT molecular complexity index is 406. The van der Waals surface area contributed by atoms with Crippen LogP contribution in [-0.2, 0) is 4.84 Å². The quantitative estimate of drug-likeness (QED) is 0.729. The summed E-state index contributed by atoms with van der Waals surface area (Å²) in [5.41, 5.74) is 0.135. The van der Waals surface area contributed by atoms with Crippen molar-refractivity contribution in [2.24, 2.45) is 0 Å². The summed E-state index contributed by atoms with van der Waals surface area (Å²) in [6.45, 7) is 1.10. The van der Waals surface area contributed by atoms with E-state index in [9.17, 15) is 4.79 Å². The van der Waals surface area contributed by atoms with Crippen molar-refractivity contribution in [2.75, 3.05) is 13.2 Å². The second kappa shape index (κ2) is 4.99. The van der Waals surface area contributed by atoms with E-state index in [2.05, 4.69) is 4.98 Å². The van der Waals surface area contributed by atoms with Crippen LogP contribution in [0.25, 0.3) is 0 Å². The first kappa shape index (κ1) is 11.6. The van der Waals surface area contributed by atoms with Gasteiger partial charge in [0.15, 0.2) is 5.69 Å². The van der Waals surface area contributed by atoms with Gasteiger partial charge in [-0.25, -0.2) is 10.0 Å². The maximum absolute atomic E-state index is 12.0. The fraction of sp³-hybridized carbons (Fsp3) is 0.400. The van der Waals surface area contributed by atoms with Crippen molar-refractivity contribution in [3.63, 3.8) is 0 Å². The van der Waals surface area contributed by atoms with Crippen LogP contribution in [0.3, 0.4) is 0 Å². The van der Waals surface area contributed by atoms with Crippen LogP contribution in [0.2, 0.25) is 10.2 Å². The van der Waals surface area contributed by atoms with Crippen molar-refractivity contribution >= 4 is 29.1 Å². The minimum Gasteiger partial charge on any atom is -0.271 e. The van der Waals surface area contributed by atoms with E-state index < -0.39 is 0 Å². The summed E-state index contributed by atoms with van der Waals surface area (Å²) in [6, 6.07) is 3.09. The van der Waals surface area contributed by atoms with E-state index in [-0.39, 0.29) is 21.8 Å². The summed E-state index contributed by atoms with van der Waals surface area (Å²) in [5, 5.41) is 1.81. The van der Waals surface area contributed by atoms with E-state index in [1.54, 1.807) is 6.07 Å². The van der Waals surface area contributed by atoms with Gasteiger partial charge in [0.2, 0.25) is 0 Å². The molecule has 2 heterocycles. The standard InChI is InChI=1S/C10H10Cl2N2O2/c11-7-3-4-8(12)13-9(7)10(15)14-5-1-2-6-16-14/h3-4H,1-2,5-6H2. The first-order chi connectivity index (χ1) is 7.68. The predicted molar refractivity (Wildman–Crippen MR) is 60.5 cm³/mol. The number of carbonyl (C=O) groups excluding carboxylic acids is 1. The van der Waals surface area contributed by atoms with Crippen molar-refractivity contribution in [1.29, 1.82) is 0 Å². The molecule has 1 aromatic rings. The van der Waals surface area contributed by atoms with E-state index >= 15 is 0 Å². The Morgan fingerprint density at radius 1 is 1.38 bits per heavy atom. The summed E-state index contributed by atoms with van der Waals surface area (Å²) < 4.78 is 0. The SMILES string of the molecule is O=C(c1nc(Cl)ccc1Cl)N1CCCCO1. The topological polar surface area (TPSA) is 42.4 Å². The van der Waals surface area contributed by atoms with Crippen molar-refractivity contribution in [3.8, 4) is 0 Å². The average molecular weight is 261 g/mol. The van der Waals surface area contributed by atoms with Gasteiger partial charge in [0.1, 0.15) is 5.15 Å². The number of hydrogen-bond acceptors (Lipinski definition) is 3. The molecule has 0 saturated carbocycles. The highest BCUT2D eigenvalue weighted by Gasteiger charge is 2.23. The van der Waals surface area contributed by atoms with Gasteiger partial charge in [0, 0.05) is 6.54 Å². The Morgan fingerprint density at radius 3 is 2.88 bits per heavy atom. The third-order valence-corrected chi connectivity index (χ3v) is 2.76. The number of nitrogens with zero attached hydrogens (tertiary/aromatic N) is 2. The molecule has 1 aliphatic rings. The van der Waals surface area contributed by atoms with Crippen LogP contribution in [-0.4, -0.2) is 29.1 Å². The summed E-state index contributed by atoms with van der Waals surface area (Å²) >= 11 is 11.6. The Balaban J connectivity index is 2.22. The fourth-order valence-corrected chi connectivity index (χ4v) is 1.78. The van der Waals surface area contributed by atoms with E-state index in [0.29, 0.717) is 13.2 Å². The lowest BCUT2D eigenvalue weighted by Crippen LogP contribution is -2.36. The molecule has 0 aliphatic carbocycles. The number of pyridine rings is 1. The third kappa shape index (κ3) is 2.45. The van der Waals surface area contributed by atoms with Gasteiger partial charge in [-0.15, -0.1) is 0 Å². The van der Waals surface area contributed by atoms with Crippen LogP contribution >= 0.6 is 23.2 Å². The fourth-order valence-electron chi connectivity index (χ4n) is 1.44. The number of carbonyl (C=O) groups is 1. The number of hydroxylamine groups is 2. The summed E-state index contributed by atoms with van der Waals surface area (Å²) in [4.78, 5) is 21.1. The Hall–Kier alpha value is -0.840. The molecule has 0 radical (unpaired) electrons. The van der Waals surface area contributed by atoms with Crippen LogP contribution in [0, 0.1) is 0 Å². The second-order valence-electron chi connectivity index (χ2n) is 3.41. The number of hydrogen-bond donors (Lipinski definition) is 0. The molecule has 1 fully saturated rings. The van der Waals surface area contributed by atoms with Gasteiger partial charge >= 0.3 is 0 Å². The monoisotopic (exact) mass is 260 g/mol. The zero-order chi connectivity index (χ0) is 11.5. The van der Waals surface area contributed by atoms with E-state index in [1.165, 1.54) is 11.1 Å². The second-order valence-corrected chi connectivity index (χ2v) is 4.21. The highest BCUT2D eigenvalue weighted by atomic mass is 35.5. The highest BCUT2D eigenvalue weighted by Crippen LogP contribution is 2.20. The van der Waals surface area contributed by atoms with Gasteiger partial charge in [-0.2, -0.15) is 0 Å². The zero-order valence-corrected chi connectivity index (χ0v) is 9.96. The minimum absolute atomic E-state index is 0.135. The van der Waals surface area contributed by atoms with Gasteiger partial charge in [-0.1, -0.05) is 23.2 Å². The molecule has 16 heavy (non-hydrogen) atoms. The number of aromatic nitrogens is 1. The van der Waals surface area contributed by atoms with E-state index in [0.717, 1.165) is 12.8 Å². The van der Waals surface area contributed by atoms with Crippen LogP contribution in [0.15, 0.2) is 12.1 Å². The molecule has 1 aliphatic heterocycles. The molecule has 0 N–H and O–H groups in total. The molecule has 0 bridgehead atoms. The molecule has 1 aromatic heterocycles. The molecule has 1 saturated heterocycles. The molecule has 0 atom stereocenters. The number of halogens is 2. The van der Waals surface area contributed by atoms with Crippen molar-refractivity contribution in [1.82, 2.24) is 10.0 Å². The van der Waals surface area contributed by atoms with Gasteiger partial charge < -0.3 is 0 Å². The Labute approximate surface area is 103 Å². The van der Waals surface area contributed by atoms with Crippen LogP contribution in [0.1, 0.15) is 23.3 Å². The maximum Gasteiger partial charge on any atom is 0.297 e. The molecular weight excluding hydrogens is 251 g/mol. The van der Waals surface area contributed by atoms with Crippen molar-refractivity contribution in [3.05, 3.63) is 28.0 Å². The van der Waals surface area contributed by atoms with E-state index in [4.69, 9.17) is 28.0 Å². The molecule has 0 unspecified atom stereocenters. The largest absolute Gasteiger partial charge is 0.297 e. The zero-order valence-electron chi connectivity index (χ0n) is 8.45. The summed E-state index contributed by atoms with van der Waals surface area (Å²) in [5.74, 6) is -0.341. The molecule has 86 valence electrons. The lowest BCUT2D eigenvalue weighted by Gasteiger charge is -2.25. The molecule has 0 spiro atoms. The highest BCUT2D eigenvalue weighted by molar-refractivity contribution is 6.34. The van der Waals surface area contributed by atoms with E-state index in [1.807, 2.05) is 0 Å². The predicted octanol–water partition coefficient (Wildman–Crippen LogP) is 2.56. The van der Waals surface area contributed by atoms with Gasteiger partial charge in [0.25, 0.3) is 5.91 Å². The normalized spacial score (nSPS) is 16.2. The summed E-state index contributed by atoms with van der Waals surface area (Å²) in [6.07, 6.45) is 1.88. The molecule has 1 amide bonds. The molecule has 4 nitrogen and oxygen atoms in total. The molecule has 2 rings (SSSR count). The van der Waals surface area contributed by atoms with Gasteiger partial charge in [-0.3, -0.25) is 9.63 Å². The maximum atomic E-state index is 12.0. The van der Waals surface area contributed by atoms with Crippen molar-refractivity contribution in [2.45, 2.75) is 12.8 Å². The van der Waals surface area contributed by atoms with Gasteiger partial charge in [0.05, 0.1) is 11.6 Å².